The van der Waals surface area contributed by atoms with Gasteiger partial charge in [0.15, 0.2) is 0 Å². The monoisotopic (exact) mass is 249 g/mol. The van der Waals surface area contributed by atoms with Gasteiger partial charge in [0.2, 0.25) is 0 Å². The van der Waals surface area contributed by atoms with Gasteiger partial charge in [0.25, 0.3) is 0 Å². The van der Waals surface area contributed by atoms with Gasteiger partial charge < -0.3 is 5.32 Å². The van der Waals surface area contributed by atoms with Crippen molar-refractivity contribution in [2.45, 2.75) is 44.0 Å². The minimum atomic E-state index is 0.988. The summed E-state index contributed by atoms with van der Waals surface area (Å²) in [5.74, 6) is 2.30. The number of thioether (sulfide) groups is 1. The lowest BCUT2D eigenvalue weighted by Crippen LogP contribution is -2.14. The van der Waals surface area contributed by atoms with E-state index in [0.29, 0.717) is 0 Å². The first kappa shape index (κ1) is 13.0. The second kappa shape index (κ2) is 7.07. The van der Waals surface area contributed by atoms with Crippen LogP contribution < -0.4 is 5.32 Å². The lowest BCUT2D eigenvalue weighted by atomic mass is 9.87. The van der Waals surface area contributed by atoms with E-state index in [0.717, 1.165) is 19.0 Å². The highest BCUT2D eigenvalue weighted by Crippen LogP contribution is 2.32. The molecule has 1 saturated carbocycles. The lowest BCUT2D eigenvalue weighted by molar-refractivity contribution is 0.353. The van der Waals surface area contributed by atoms with Crippen LogP contribution in [0.15, 0.2) is 29.2 Å². The van der Waals surface area contributed by atoms with Crippen LogP contribution in [0.5, 0.6) is 0 Å². The highest BCUT2D eigenvalue weighted by Gasteiger charge is 2.17. The van der Waals surface area contributed by atoms with Gasteiger partial charge in [0, 0.05) is 17.2 Å². The molecule has 2 heteroatoms. The minimum absolute atomic E-state index is 0.988. The third kappa shape index (κ3) is 4.36. The zero-order chi connectivity index (χ0) is 11.9. The summed E-state index contributed by atoms with van der Waals surface area (Å²) in [5, 5.41) is 3.46. The van der Waals surface area contributed by atoms with Gasteiger partial charge in [0.05, 0.1) is 0 Å². The quantitative estimate of drug-likeness (QED) is 0.577. The third-order valence-electron chi connectivity index (χ3n) is 3.36. The molecular weight excluding hydrogens is 226 g/mol. The van der Waals surface area contributed by atoms with Crippen LogP contribution in [0.2, 0.25) is 0 Å². The van der Waals surface area contributed by atoms with Crippen LogP contribution in [0.4, 0.5) is 0 Å². The molecule has 0 aliphatic heterocycles. The molecule has 0 amide bonds. The van der Waals surface area contributed by atoms with Crippen molar-refractivity contribution in [2.75, 3.05) is 12.3 Å². The number of nitrogens with one attached hydrogen (secondary N) is 1. The van der Waals surface area contributed by atoms with Crippen LogP contribution in [0, 0.1) is 5.92 Å². The lowest BCUT2D eigenvalue weighted by Gasteiger charge is -2.24. The van der Waals surface area contributed by atoms with Gasteiger partial charge in [-0.05, 0) is 49.4 Å². The Bertz CT molecular complexity index is 333. The average molecular weight is 249 g/mol. The predicted molar refractivity (Wildman–Crippen MR) is 76.5 cm³/mol. The second-order valence-electron chi connectivity index (χ2n) is 4.93. The molecule has 0 radical (unpaired) electrons. The van der Waals surface area contributed by atoms with Crippen LogP contribution in [-0.2, 0) is 6.54 Å². The van der Waals surface area contributed by atoms with Crippen LogP contribution in [-0.4, -0.2) is 12.3 Å². The van der Waals surface area contributed by atoms with Crippen molar-refractivity contribution in [3.63, 3.8) is 0 Å². The fourth-order valence-electron chi connectivity index (χ4n) is 2.03. The van der Waals surface area contributed by atoms with Gasteiger partial charge >= 0.3 is 0 Å². The van der Waals surface area contributed by atoms with E-state index < -0.39 is 0 Å². The van der Waals surface area contributed by atoms with Gasteiger partial charge in [-0.25, -0.2) is 0 Å². The first-order valence-electron chi connectivity index (χ1n) is 6.81. The molecule has 0 heterocycles. The highest BCUT2D eigenvalue weighted by molar-refractivity contribution is 7.99. The molecule has 0 aromatic heterocycles. The van der Waals surface area contributed by atoms with E-state index in [1.54, 1.807) is 0 Å². The Morgan fingerprint density at radius 1 is 1.35 bits per heavy atom. The summed E-state index contributed by atoms with van der Waals surface area (Å²) in [6.07, 6.45) is 5.55. The Balaban J connectivity index is 1.78. The van der Waals surface area contributed by atoms with Gasteiger partial charge in [-0.1, -0.05) is 25.5 Å². The number of hydrogen-bond acceptors (Lipinski definition) is 2. The van der Waals surface area contributed by atoms with E-state index in [1.807, 2.05) is 11.8 Å². The molecule has 0 saturated heterocycles. The Morgan fingerprint density at radius 2 is 2.24 bits per heavy atom. The molecule has 1 nitrogen and oxygen atoms in total. The first-order valence-corrected chi connectivity index (χ1v) is 7.79. The van der Waals surface area contributed by atoms with Gasteiger partial charge in [0.1, 0.15) is 0 Å². The molecule has 1 aromatic carbocycles. The summed E-state index contributed by atoms with van der Waals surface area (Å²) in [6, 6.07) is 8.99. The van der Waals surface area contributed by atoms with Crippen molar-refractivity contribution in [1.29, 1.82) is 0 Å². The van der Waals surface area contributed by atoms with Crippen molar-refractivity contribution in [2.24, 2.45) is 5.92 Å². The van der Waals surface area contributed by atoms with Crippen LogP contribution in [0.25, 0.3) is 0 Å². The predicted octanol–water partition coefficient (Wildman–Crippen LogP) is 4.08. The van der Waals surface area contributed by atoms with Crippen molar-refractivity contribution in [1.82, 2.24) is 5.32 Å². The summed E-state index contributed by atoms with van der Waals surface area (Å²) in [7, 11) is 0. The Morgan fingerprint density at radius 3 is 2.94 bits per heavy atom. The zero-order valence-corrected chi connectivity index (χ0v) is 11.6. The Kier molecular flexibility index (Phi) is 5.40. The van der Waals surface area contributed by atoms with Crippen molar-refractivity contribution >= 4 is 11.8 Å². The molecule has 0 atom stereocenters. The Hall–Kier alpha value is -0.470. The molecular formula is C15H23NS. The van der Waals surface area contributed by atoms with Crippen molar-refractivity contribution in [3.05, 3.63) is 29.8 Å². The molecule has 1 fully saturated rings. The number of benzene rings is 1. The summed E-state index contributed by atoms with van der Waals surface area (Å²) < 4.78 is 0. The molecule has 1 aromatic rings. The SMILES string of the molecule is CCCNCc1cccc(SCC2CCC2)c1. The van der Waals surface area contributed by atoms with E-state index in [-0.39, 0.29) is 0 Å². The van der Waals surface area contributed by atoms with Crippen molar-refractivity contribution in [3.8, 4) is 0 Å². The Labute approximate surface area is 109 Å². The summed E-state index contributed by atoms with van der Waals surface area (Å²) >= 11 is 2.03. The molecule has 1 aliphatic carbocycles. The molecule has 0 unspecified atom stereocenters. The minimum Gasteiger partial charge on any atom is -0.313 e. The fraction of sp³-hybridized carbons (Fsp3) is 0.600. The molecule has 17 heavy (non-hydrogen) atoms. The topological polar surface area (TPSA) is 12.0 Å². The van der Waals surface area contributed by atoms with Crippen LogP contribution in [0.3, 0.4) is 0 Å². The van der Waals surface area contributed by atoms with E-state index in [1.165, 1.54) is 41.9 Å². The van der Waals surface area contributed by atoms with Crippen LogP contribution in [0.1, 0.15) is 38.2 Å². The number of rotatable bonds is 7. The molecule has 1 N–H and O–H groups in total. The normalized spacial score (nSPS) is 15.8. The summed E-state index contributed by atoms with van der Waals surface area (Å²) in [6.45, 7) is 4.32. The third-order valence-corrected chi connectivity index (χ3v) is 4.59. The van der Waals surface area contributed by atoms with E-state index in [2.05, 4.69) is 36.5 Å². The van der Waals surface area contributed by atoms with Crippen molar-refractivity contribution < 1.29 is 0 Å². The van der Waals surface area contributed by atoms with Gasteiger partial charge in [-0.15, -0.1) is 11.8 Å². The van der Waals surface area contributed by atoms with E-state index in [4.69, 9.17) is 0 Å². The molecule has 2 rings (SSSR count). The summed E-state index contributed by atoms with van der Waals surface area (Å²) in [5.41, 5.74) is 1.41. The highest BCUT2D eigenvalue weighted by atomic mass is 32.2. The second-order valence-corrected chi connectivity index (χ2v) is 6.03. The largest absolute Gasteiger partial charge is 0.313 e. The van der Waals surface area contributed by atoms with E-state index in [9.17, 15) is 0 Å². The molecule has 94 valence electrons. The average Bonchev–Trinajstić information content (AvgIpc) is 2.28. The van der Waals surface area contributed by atoms with Crippen LogP contribution >= 0.6 is 11.8 Å². The van der Waals surface area contributed by atoms with E-state index >= 15 is 0 Å². The molecule has 1 aliphatic rings. The first-order chi connectivity index (χ1) is 8.38. The standard InChI is InChI=1S/C15H23NS/c1-2-9-16-11-14-7-4-8-15(10-14)17-12-13-5-3-6-13/h4,7-8,10,13,16H,2-3,5-6,9,11-12H2,1H3. The summed E-state index contributed by atoms with van der Waals surface area (Å²) in [4.78, 5) is 1.44. The van der Waals surface area contributed by atoms with Gasteiger partial charge in [-0.3, -0.25) is 0 Å². The maximum Gasteiger partial charge on any atom is 0.0205 e. The molecule has 0 bridgehead atoms. The van der Waals surface area contributed by atoms with Gasteiger partial charge in [-0.2, -0.15) is 0 Å². The number of hydrogen-bond donors (Lipinski definition) is 1. The maximum atomic E-state index is 3.46. The fourth-order valence-corrected chi connectivity index (χ4v) is 3.20. The maximum absolute atomic E-state index is 3.46. The molecule has 0 spiro atoms. The zero-order valence-electron chi connectivity index (χ0n) is 10.7. The smallest absolute Gasteiger partial charge is 0.0205 e.